The molecule has 0 saturated heterocycles. The zero-order chi connectivity index (χ0) is 20.8. The molecule has 1 aromatic heterocycles. The molecule has 0 fully saturated rings. The third-order valence-corrected chi connectivity index (χ3v) is 4.52. The Labute approximate surface area is 172 Å². The highest BCUT2D eigenvalue weighted by molar-refractivity contribution is 6.03. The number of pyridine rings is 1. The van der Waals surface area contributed by atoms with Crippen molar-refractivity contribution in [3.05, 3.63) is 108 Å². The molecule has 1 amide bonds. The highest BCUT2D eigenvalue weighted by atomic mass is 19.1. The number of carbonyl (C=O) groups excluding carboxylic acids is 1. The van der Waals surface area contributed by atoms with E-state index in [1.807, 2.05) is 36.4 Å². The topological polar surface area (TPSA) is 63.6 Å². The van der Waals surface area contributed by atoms with E-state index >= 15 is 0 Å². The molecule has 5 nitrogen and oxygen atoms in total. The van der Waals surface area contributed by atoms with Gasteiger partial charge in [-0.15, -0.1) is 0 Å². The minimum Gasteiger partial charge on any atom is -0.488 e. The van der Waals surface area contributed by atoms with Crippen molar-refractivity contribution in [3.63, 3.8) is 0 Å². The van der Waals surface area contributed by atoms with Crippen LogP contribution >= 0.6 is 0 Å². The maximum Gasteiger partial charge on any atom is 0.272 e. The lowest BCUT2D eigenvalue weighted by atomic mass is 10.0. The maximum atomic E-state index is 13.1. The van der Waals surface area contributed by atoms with Crippen molar-refractivity contribution in [2.45, 2.75) is 6.61 Å². The smallest absolute Gasteiger partial charge is 0.272 e. The van der Waals surface area contributed by atoms with E-state index in [1.54, 1.807) is 36.7 Å². The molecule has 148 valence electrons. The van der Waals surface area contributed by atoms with Crippen LogP contribution in [0, 0.1) is 5.82 Å². The number of hydrogen-bond donors (Lipinski definition) is 1. The van der Waals surface area contributed by atoms with Gasteiger partial charge in [-0.25, -0.2) is 9.82 Å². The third kappa shape index (κ3) is 4.50. The summed E-state index contributed by atoms with van der Waals surface area (Å²) < 4.78 is 19.1. The molecule has 30 heavy (non-hydrogen) atoms. The Morgan fingerprint density at radius 2 is 1.87 bits per heavy atom. The summed E-state index contributed by atoms with van der Waals surface area (Å²) in [5, 5.41) is 6.07. The predicted molar refractivity (Wildman–Crippen MR) is 114 cm³/mol. The number of amides is 1. The van der Waals surface area contributed by atoms with Gasteiger partial charge in [0.2, 0.25) is 0 Å². The van der Waals surface area contributed by atoms with Crippen LogP contribution in [0.3, 0.4) is 0 Å². The number of fused-ring (bicyclic) bond motifs is 1. The SMILES string of the molecule is O=C(N/N=C\c1c(OCc2ccc(F)cc2)ccc2ccccc12)c1cccnc1. The van der Waals surface area contributed by atoms with Crippen LogP contribution in [0.2, 0.25) is 0 Å². The fourth-order valence-electron chi connectivity index (χ4n) is 2.99. The van der Waals surface area contributed by atoms with E-state index in [2.05, 4.69) is 15.5 Å². The van der Waals surface area contributed by atoms with Crippen LogP contribution in [0.25, 0.3) is 10.8 Å². The standard InChI is InChI=1S/C24H18FN3O2/c25-20-10-7-17(8-11-20)16-30-23-12-9-18-4-1-2-6-21(18)22(23)15-27-28-24(29)19-5-3-13-26-14-19/h1-15H,16H2,(H,28,29)/b27-15-. The lowest BCUT2D eigenvalue weighted by Gasteiger charge is -2.12. The predicted octanol–water partition coefficient (Wildman–Crippen LogP) is 4.72. The summed E-state index contributed by atoms with van der Waals surface area (Å²) in [5.41, 5.74) is 4.51. The first kappa shape index (κ1) is 19.3. The first-order valence-electron chi connectivity index (χ1n) is 9.33. The van der Waals surface area contributed by atoms with Crippen LogP contribution in [-0.2, 0) is 6.61 Å². The van der Waals surface area contributed by atoms with E-state index in [0.717, 1.165) is 21.9 Å². The summed E-state index contributed by atoms with van der Waals surface area (Å²) in [7, 11) is 0. The van der Waals surface area contributed by atoms with Crippen molar-refractivity contribution in [2.24, 2.45) is 5.10 Å². The zero-order valence-electron chi connectivity index (χ0n) is 16.0. The molecule has 0 aliphatic rings. The summed E-state index contributed by atoms with van der Waals surface area (Å²) in [6.07, 6.45) is 4.64. The quantitative estimate of drug-likeness (QED) is 0.377. The van der Waals surface area contributed by atoms with E-state index < -0.39 is 0 Å². The van der Waals surface area contributed by atoms with Crippen LogP contribution in [-0.4, -0.2) is 17.1 Å². The fourth-order valence-corrected chi connectivity index (χ4v) is 2.99. The molecule has 4 rings (SSSR count). The molecule has 0 spiro atoms. The van der Waals surface area contributed by atoms with E-state index in [9.17, 15) is 9.18 Å². The van der Waals surface area contributed by atoms with Crippen molar-refractivity contribution in [1.82, 2.24) is 10.4 Å². The number of hydrogen-bond acceptors (Lipinski definition) is 4. The lowest BCUT2D eigenvalue weighted by molar-refractivity contribution is 0.0954. The number of rotatable bonds is 6. The van der Waals surface area contributed by atoms with Gasteiger partial charge in [-0.1, -0.05) is 42.5 Å². The monoisotopic (exact) mass is 399 g/mol. The molecular formula is C24H18FN3O2. The zero-order valence-corrected chi connectivity index (χ0v) is 16.0. The van der Waals surface area contributed by atoms with Crippen molar-refractivity contribution in [2.75, 3.05) is 0 Å². The van der Waals surface area contributed by atoms with Crippen molar-refractivity contribution >= 4 is 22.9 Å². The van der Waals surface area contributed by atoms with E-state index in [1.165, 1.54) is 18.3 Å². The fraction of sp³-hybridized carbons (Fsp3) is 0.0417. The Balaban J connectivity index is 1.58. The van der Waals surface area contributed by atoms with Gasteiger partial charge in [0.15, 0.2) is 0 Å². The average molecular weight is 399 g/mol. The summed E-state index contributed by atoms with van der Waals surface area (Å²) in [6.45, 7) is 0.279. The number of halogens is 1. The Morgan fingerprint density at radius 3 is 2.67 bits per heavy atom. The van der Waals surface area contributed by atoms with Crippen LogP contribution in [0.15, 0.2) is 90.3 Å². The number of nitrogens with one attached hydrogen (secondary N) is 1. The van der Waals surface area contributed by atoms with E-state index in [4.69, 9.17) is 4.74 Å². The average Bonchev–Trinajstić information content (AvgIpc) is 2.80. The Kier molecular flexibility index (Phi) is 5.75. The number of carbonyl (C=O) groups is 1. The van der Waals surface area contributed by atoms with Gasteiger partial charge in [-0.3, -0.25) is 9.78 Å². The molecule has 6 heteroatoms. The lowest BCUT2D eigenvalue weighted by Crippen LogP contribution is -2.17. The van der Waals surface area contributed by atoms with Crippen LogP contribution in [0.4, 0.5) is 4.39 Å². The second-order valence-electron chi connectivity index (χ2n) is 6.55. The second kappa shape index (κ2) is 8.96. The molecule has 0 unspecified atom stereocenters. The highest BCUT2D eigenvalue weighted by Crippen LogP contribution is 2.27. The van der Waals surface area contributed by atoms with Gasteiger partial charge in [0.1, 0.15) is 18.2 Å². The van der Waals surface area contributed by atoms with Gasteiger partial charge in [0.25, 0.3) is 5.91 Å². The maximum absolute atomic E-state index is 13.1. The third-order valence-electron chi connectivity index (χ3n) is 4.52. The van der Waals surface area contributed by atoms with Crippen molar-refractivity contribution < 1.29 is 13.9 Å². The Bertz CT molecular complexity index is 1190. The van der Waals surface area contributed by atoms with Crippen LogP contribution < -0.4 is 10.2 Å². The molecule has 0 saturated carbocycles. The number of aromatic nitrogens is 1. The van der Waals surface area contributed by atoms with Gasteiger partial charge in [-0.2, -0.15) is 5.10 Å². The second-order valence-corrected chi connectivity index (χ2v) is 6.55. The molecule has 0 atom stereocenters. The molecule has 4 aromatic rings. The van der Waals surface area contributed by atoms with Gasteiger partial charge in [0, 0.05) is 18.0 Å². The van der Waals surface area contributed by atoms with Crippen molar-refractivity contribution in [1.29, 1.82) is 0 Å². The number of nitrogens with zero attached hydrogens (tertiary/aromatic N) is 2. The summed E-state index contributed by atoms with van der Waals surface area (Å²) in [5.74, 6) is -0.0348. The Morgan fingerprint density at radius 1 is 1.03 bits per heavy atom. The molecular weight excluding hydrogens is 381 g/mol. The van der Waals surface area contributed by atoms with Crippen LogP contribution in [0.5, 0.6) is 5.75 Å². The Hall–Kier alpha value is -4.06. The summed E-state index contributed by atoms with van der Waals surface area (Å²) in [4.78, 5) is 16.1. The molecule has 1 N–H and O–H groups in total. The molecule has 1 heterocycles. The normalized spacial score (nSPS) is 11.0. The molecule has 0 aliphatic heterocycles. The minimum absolute atomic E-state index is 0.279. The molecule has 0 bridgehead atoms. The first-order chi connectivity index (χ1) is 14.7. The molecule has 0 aliphatic carbocycles. The highest BCUT2D eigenvalue weighted by Gasteiger charge is 2.09. The van der Waals surface area contributed by atoms with Gasteiger partial charge < -0.3 is 4.74 Å². The minimum atomic E-state index is -0.353. The number of ether oxygens (including phenoxy) is 1. The van der Waals surface area contributed by atoms with Gasteiger partial charge in [-0.05, 0) is 46.7 Å². The van der Waals surface area contributed by atoms with Gasteiger partial charge in [0.05, 0.1) is 11.8 Å². The van der Waals surface area contributed by atoms with Gasteiger partial charge >= 0.3 is 0 Å². The van der Waals surface area contributed by atoms with Crippen LogP contribution in [0.1, 0.15) is 21.5 Å². The summed E-state index contributed by atoms with van der Waals surface area (Å²) >= 11 is 0. The molecule has 0 radical (unpaired) electrons. The number of benzene rings is 3. The summed E-state index contributed by atoms with van der Waals surface area (Å²) in [6, 6.07) is 21.1. The number of hydrazone groups is 1. The van der Waals surface area contributed by atoms with E-state index in [0.29, 0.717) is 11.3 Å². The first-order valence-corrected chi connectivity index (χ1v) is 9.33. The van der Waals surface area contributed by atoms with E-state index in [-0.39, 0.29) is 18.3 Å². The molecule has 3 aromatic carbocycles. The van der Waals surface area contributed by atoms with Crippen molar-refractivity contribution in [3.8, 4) is 5.75 Å². The largest absolute Gasteiger partial charge is 0.488 e.